The van der Waals surface area contributed by atoms with E-state index in [1.54, 1.807) is 6.92 Å². The topological polar surface area (TPSA) is 37.3 Å². The van der Waals surface area contributed by atoms with Crippen molar-refractivity contribution < 1.29 is 9.90 Å². The quantitative estimate of drug-likeness (QED) is 0.492. The van der Waals surface area contributed by atoms with Gasteiger partial charge in [0.1, 0.15) is 0 Å². The van der Waals surface area contributed by atoms with Gasteiger partial charge in [-0.1, -0.05) is 6.92 Å². The fourth-order valence-electron chi connectivity index (χ4n) is 0. The first-order valence-electron chi connectivity index (χ1n) is 1.88. The minimum absolute atomic E-state index is 0.281. The van der Waals surface area contributed by atoms with Crippen molar-refractivity contribution in [1.29, 1.82) is 1.43 Å². The van der Waals surface area contributed by atoms with E-state index >= 15 is 0 Å². The van der Waals surface area contributed by atoms with Gasteiger partial charge < -0.3 is 5.11 Å². The predicted molar refractivity (Wildman–Crippen MR) is 17.9 cm³/mol. The minimum Gasteiger partial charge on any atom is -0.481 e. The van der Waals surface area contributed by atoms with Gasteiger partial charge in [0.05, 0.1) is 0 Å². The van der Waals surface area contributed by atoms with Crippen LogP contribution in [0.25, 0.3) is 1.43 Å². The van der Waals surface area contributed by atoms with Gasteiger partial charge in [-0.3, -0.25) is 4.79 Å². The second-order valence-electron chi connectivity index (χ2n) is 0.726. The van der Waals surface area contributed by atoms with Crippen LogP contribution >= 0.6 is 0 Å². The van der Waals surface area contributed by atoms with Crippen LogP contribution in [0.15, 0.2) is 0 Å². The summed E-state index contributed by atoms with van der Waals surface area (Å²) >= 11 is 0. The van der Waals surface area contributed by atoms with Crippen molar-refractivity contribution in [2.45, 2.75) is 13.3 Å². The zero-order chi connectivity index (χ0) is 4.99. The Bertz CT molecular complexity index is 46.8. The van der Waals surface area contributed by atoms with Gasteiger partial charge in [0.2, 0.25) is 0 Å². The molecule has 0 fully saturated rings. The number of carboxylic acids is 1. The highest BCUT2D eigenvalue weighted by Gasteiger charge is 1.80. The molecule has 2 heteroatoms. The maximum Gasteiger partial charge on any atom is 0.303 e. The number of carboxylic acid groups (broad SMARTS) is 1. The first-order chi connectivity index (χ1) is 2.81. The van der Waals surface area contributed by atoms with Gasteiger partial charge >= 0.3 is 5.97 Å². The van der Waals surface area contributed by atoms with Crippen molar-refractivity contribution in [2.24, 2.45) is 0 Å². The molecule has 0 spiro atoms. The van der Waals surface area contributed by atoms with Gasteiger partial charge in [0, 0.05) is 6.42 Å². The van der Waals surface area contributed by atoms with E-state index in [9.17, 15) is 4.79 Å². The molecule has 0 saturated carbocycles. The molecule has 0 saturated heterocycles. The van der Waals surface area contributed by atoms with Crippen LogP contribution in [0.1, 0.15) is 13.3 Å². The van der Waals surface area contributed by atoms with Gasteiger partial charge in [-0.15, -0.1) is 0 Å². The van der Waals surface area contributed by atoms with Crippen molar-refractivity contribution in [2.75, 3.05) is 0 Å². The molecule has 1 N–H and O–H groups in total. The van der Waals surface area contributed by atoms with E-state index in [1.807, 2.05) is 0 Å². The predicted octanol–water partition coefficient (Wildman–Crippen LogP) is 0.481. The van der Waals surface area contributed by atoms with Gasteiger partial charge in [0.25, 0.3) is 1.43 Å². The molecule has 0 aliphatic heterocycles. The highest BCUT2D eigenvalue weighted by atomic mass is 16.4. The second kappa shape index (κ2) is 1.76. The lowest BCUT2D eigenvalue weighted by molar-refractivity contribution is -0.136. The lowest BCUT2D eigenvalue weighted by Gasteiger charge is -1.71. The smallest absolute Gasteiger partial charge is 0.303 e. The molecular formula is C3H6O2. The van der Waals surface area contributed by atoms with Crippen molar-refractivity contribution >= 4 is 5.97 Å². The third kappa shape index (κ3) is 3.47. The maximum atomic E-state index is 9.77. The molecule has 2 nitrogen and oxygen atoms in total. The summed E-state index contributed by atoms with van der Waals surface area (Å²) in [6.07, 6.45) is 0.281. The highest BCUT2D eigenvalue weighted by Crippen LogP contribution is 1.67. The molecule has 0 aliphatic rings. The van der Waals surface area contributed by atoms with Crippen molar-refractivity contribution in [1.82, 2.24) is 0 Å². The molecule has 0 unspecified atom stereocenters. The monoisotopic (exact) mass is 75.0 g/mol. The van der Waals surface area contributed by atoms with E-state index in [0.717, 1.165) is 0 Å². The molecule has 0 rings (SSSR count). The molecule has 0 amide bonds. The summed E-state index contributed by atoms with van der Waals surface area (Å²) in [6, 6.07) is 0. The van der Waals surface area contributed by atoms with Crippen molar-refractivity contribution in [3.05, 3.63) is 0 Å². The van der Waals surface area contributed by atoms with Crippen LogP contribution in [0.3, 0.4) is 0 Å². The SMILES string of the molecule is [2H]OC(=O)CC. The lowest BCUT2D eigenvalue weighted by Crippen LogP contribution is -1.86. The second-order valence-corrected chi connectivity index (χ2v) is 0.726. The first-order valence-corrected chi connectivity index (χ1v) is 1.47. The summed E-state index contributed by atoms with van der Waals surface area (Å²) in [5.74, 6) is -0.491. The van der Waals surface area contributed by atoms with Crippen LogP contribution in [-0.2, 0) is 4.79 Å². The fraction of sp³-hybridized carbons (Fsp3) is 0.667. The van der Waals surface area contributed by atoms with Crippen molar-refractivity contribution in [3.63, 3.8) is 0 Å². The van der Waals surface area contributed by atoms with Crippen LogP contribution in [-0.4, -0.2) is 11.1 Å². The minimum atomic E-state index is -0.491. The van der Waals surface area contributed by atoms with E-state index in [1.165, 1.54) is 0 Å². The Kier molecular flexibility index (Phi) is 0.947. The largest absolute Gasteiger partial charge is 0.481 e. The van der Waals surface area contributed by atoms with Crippen LogP contribution in [0.4, 0.5) is 0 Å². The Labute approximate surface area is 31.9 Å². The van der Waals surface area contributed by atoms with Gasteiger partial charge in [-0.2, -0.15) is 0 Å². The van der Waals surface area contributed by atoms with E-state index < -0.39 is 5.97 Å². The summed E-state index contributed by atoms with van der Waals surface area (Å²) in [7, 11) is 0. The summed E-state index contributed by atoms with van der Waals surface area (Å²) < 4.78 is 5.96. The average molecular weight is 75.1 g/mol. The zero-order valence-electron chi connectivity index (χ0n) is 4.02. The molecule has 0 aromatic carbocycles. The molecule has 0 bridgehead atoms. The Hall–Kier alpha value is -0.530. The Morgan fingerprint density at radius 2 is 3.00 bits per heavy atom. The maximum absolute atomic E-state index is 9.77. The molecule has 0 aromatic heterocycles. The molecule has 0 heterocycles. The van der Waals surface area contributed by atoms with Gasteiger partial charge in [0.15, 0.2) is 0 Å². The first kappa shape index (κ1) is 2.69. The molecule has 0 aromatic rings. The summed E-state index contributed by atoms with van der Waals surface area (Å²) in [6.45, 7) is 1.64. The van der Waals surface area contributed by atoms with Crippen LogP contribution in [0, 0.1) is 0 Å². The lowest BCUT2D eigenvalue weighted by atomic mass is 10.5. The van der Waals surface area contributed by atoms with E-state index in [4.69, 9.17) is 1.43 Å². The third-order valence-corrected chi connectivity index (χ3v) is 0.289. The molecular weight excluding hydrogens is 68.0 g/mol. The zero-order valence-corrected chi connectivity index (χ0v) is 3.02. The van der Waals surface area contributed by atoms with Crippen molar-refractivity contribution in [3.8, 4) is 0 Å². The fourth-order valence-corrected chi connectivity index (χ4v) is 0. The number of hydrogen-bond acceptors (Lipinski definition) is 2. The number of carbonyl (C=O) groups is 1. The van der Waals surface area contributed by atoms with Crippen LogP contribution in [0.5, 0.6) is 0 Å². The molecule has 0 atom stereocenters. The van der Waals surface area contributed by atoms with Gasteiger partial charge in [-0.25, -0.2) is 0 Å². The highest BCUT2D eigenvalue weighted by molar-refractivity contribution is 5.66. The van der Waals surface area contributed by atoms with E-state index in [2.05, 4.69) is 5.11 Å². The summed E-state index contributed by atoms with van der Waals surface area (Å²) in [5, 5.41) is 3.51. The number of hydrogen-bond donors (Lipinski definition) is 1. The van der Waals surface area contributed by atoms with Crippen LogP contribution in [0.2, 0.25) is 0 Å². The summed E-state index contributed by atoms with van der Waals surface area (Å²) in [4.78, 5) is 9.77. The van der Waals surface area contributed by atoms with E-state index in [-0.39, 0.29) is 6.42 Å². The van der Waals surface area contributed by atoms with E-state index in [0.29, 0.717) is 0 Å². The molecule has 30 valence electrons. The third-order valence-electron chi connectivity index (χ3n) is 0.289. The normalized spacial score (nSPS) is 9.40. The Balaban J connectivity index is 2.99. The van der Waals surface area contributed by atoms with Crippen LogP contribution < -0.4 is 0 Å². The Morgan fingerprint density at radius 1 is 2.40 bits per heavy atom. The van der Waals surface area contributed by atoms with Gasteiger partial charge in [-0.05, 0) is 0 Å². The molecule has 5 heavy (non-hydrogen) atoms. The summed E-state index contributed by atoms with van der Waals surface area (Å²) in [5.41, 5.74) is 0. The number of rotatable bonds is 1. The molecule has 0 radical (unpaired) electrons. The molecule has 0 aliphatic carbocycles. The standard InChI is InChI=1S/C3H6O2/c1-2-3(4)5/h2H2,1H3,(H,4,5)/i/hD. The Morgan fingerprint density at radius 3 is 3.00 bits per heavy atom. The average Bonchev–Trinajstić information content (AvgIpc) is 1.65. The number of aliphatic carboxylic acids is 1.